The minimum Gasteiger partial charge on any atom is -0.408 e. The SMILES string of the molecule is CCCCCCNC(=O)OC(F)C(F)(F)C(F)(F)C(F)(F)C(F)(F)C(F)(F)C(F)F. The number of alkyl halides is 13. The van der Waals surface area contributed by atoms with Crippen LogP contribution < -0.4 is 5.32 Å². The molecule has 30 heavy (non-hydrogen) atoms. The Bertz CT molecular complexity index is 568. The van der Waals surface area contributed by atoms with Crippen molar-refractivity contribution in [2.24, 2.45) is 0 Å². The molecule has 0 aliphatic heterocycles. The Morgan fingerprint density at radius 1 is 0.767 bits per heavy atom. The highest BCUT2D eigenvalue weighted by molar-refractivity contribution is 5.67. The monoisotopic (exact) mass is 477 g/mol. The van der Waals surface area contributed by atoms with E-state index in [4.69, 9.17) is 0 Å². The van der Waals surface area contributed by atoms with Gasteiger partial charge in [-0.25, -0.2) is 13.6 Å². The first kappa shape index (κ1) is 28.4. The second-order valence-electron chi connectivity index (χ2n) is 5.98. The Labute approximate surface area is 160 Å². The Morgan fingerprint density at radius 2 is 1.23 bits per heavy atom. The summed E-state index contributed by atoms with van der Waals surface area (Å²) in [5.74, 6) is -37.5. The molecule has 180 valence electrons. The molecule has 16 heteroatoms. The predicted molar refractivity (Wildman–Crippen MR) is 74.3 cm³/mol. The van der Waals surface area contributed by atoms with Crippen molar-refractivity contribution < 1.29 is 66.6 Å². The summed E-state index contributed by atoms with van der Waals surface area (Å²) < 4.78 is 171. The first-order valence-corrected chi connectivity index (χ1v) is 8.08. The molecule has 0 aromatic heterocycles. The third-order valence-corrected chi connectivity index (χ3v) is 3.70. The van der Waals surface area contributed by atoms with Crippen LogP contribution in [0.2, 0.25) is 0 Å². The van der Waals surface area contributed by atoms with Crippen LogP contribution in [0.4, 0.5) is 61.9 Å². The molecule has 1 N–H and O–H groups in total. The van der Waals surface area contributed by atoms with Crippen LogP contribution >= 0.6 is 0 Å². The number of alkyl carbamates (subject to hydrolysis) is 1. The van der Waals surface area contributed by atoms with E-state index in [1.807, 2.05) is 0 Å². The molecule has 0 aliphatic carbocycles. The van der Waals surface area contributed by atoms with Crippen molar-refractivity contribution >= 4 is 6.09 Å². The van der Waals surface area contributed by atoms with Gasteiger partial charge < -0.3 is 10.1 Å². The molecule has 0 fully saturated rings. The summed E-state index contributed by atoms with van der Waals surface area (Å²) in [5.41, 5.74) is 0. The third kappa shape index (κ3) is 5.15. The summed E-state index contributed by atoms with van der Waals surface area (Å²) in [7, 11) is 0. The fourth-order valence-corrected chi connectivity index (χ4v) is 1.85. The molecule has 0 spiro atoms. The molecule has 0 heterocycles. The van der Waals surface area contributed by atoms with Crippen molar-refractivity contribution in [3.8, 4) is 0 Å². The van der Waals surface area contributed by atoms with Crippen LogP contribution in [0, 0.1) is 0 Å². The standard InChI is InChI=1S/C14H16F13NO2/c1-2-3-4-5-6-28-9(29)30-8(17)11(20,21)13(24,25)14(26,27)12(22,23)10(18,19)7(15)16/h7-8H,2-6H2,1H3,(H,28,29). The van der Waals surface area contributed by atoms with E-state index in [1.165, 1.54) is 0 Å². The van der Waals surface area contributed by atoms with Crippen molar-refractivity contribution in [1.82, 2.24) is 5.32 Å². The average Bonchev–Trinajstić information content (AvgIpc) is 2.60. The molecule has 0 bridgehead atoms. The number of nitrogens with one attached hydrogen (secondary N) is 1. The van der Waals surface area contributed by atoms with E-state index in [0.29, 0.717) is 12.8 Å². The van der Waals surface area contributed by atoms with Crippen molar-refractivity contribution in [1.29, 1.82) is 0 Å². The number of rotatable bonds is 12. The highest BCUT2D eigenvalue weighted by Crippen LogP contribution is 2.59. The molecule has 0 aromatic rings. The van der Waals surface area contributed by atoms with Gasteiger partial charge >= 0.3 is 48.5 Å². The van der Waals surface area contributed by atoms with E-state index in [9.17, 15) is 61.9 Å². The Kier molecular flexibility index (Phi) is 9.13. The van der Waals surface area contributed by atoms with Gasteiger partial charge in [0.25, 0.3) is 0 Å². The molecule has 0 radical (unpaired) electrons. The highest BCUT2D eigenvalue weighted by atomic mass is 19.4. The second kappa shape index (κ2) is 9.66. The largest absolute Gasteiger partial charge is 0.409 e. The molecule has 3 nitrogen and oxygen atoms in total. The Morgan fingerprint density at radius 3 is 1.67 bits per heavy atom. The van der Waals surface area contributed by atoms with E-state index < -0.39 is 48.5 Å². The number of unbranched alkanes of at least 4 members (excludes halogenated alkanes) is 3. The molecule has 0 saturated heterocycles. The summed E-state index contributed by atoms with van der Waals surface area (Å²) in [6.07, 6.45) is -10.8. The van der Waals surface area contributed by atoms with Crippen LogP contribution in [0.5, 0.6) is 0 Å². The molecule has 0 aliphatic rings. The number of carbonyl (C=O) groups is 1. The van der Waals surface area contributed by atoms with Crippen molar-refractivity contribution in [3.63, 3.8) is 0 Å². The number of halogens is 13. The van der Waals surface area contributed by atoms with Crippen LogP contribution in [0.1, 0.15) is 32.6 Å². The summed E-state index contributed by atoms with van der Waals surface area (Å²) in [6.45, 7) is 1.43. The second-order valence-corrected chi connectivity index (χ2v) is 5.98. The summed E-state index contributed by atoms with van der Waals surface area (Å²) in [6, 6.07) is 0. The third-order valence-electron chi connectivity index (χ3n) is 3.70. The van der Waals surface area contributed by atoms with Crippen molar-refractivity contribution in [2.75, 3.05) is 6.54 Å². The van der Waals surface area contributed by atoms with E-state index in [-0.39, 0.29) is 13.0 Å². The smallest absolute Gasteiger partial charge is 0.408 e. The fourth-order valence-electron chi connectivity index (χ4n) is 1.85. The topological polar surface area (TPSA) is 38.3 Å². The number of carbonyl (C=O) groups excluding carboxylic acids is 1. The first-order chi connectivity index (χ1) is 13.3. The zero-order valence-electron chi connectivity index (χ0n) is 14.9. The van der Waals surface area contributed by atoms with Gasteiger partial charge in [-0.1, -0.05) is 26.2 Å². The van der Waals surface area contributed by atoms with Crippen LogP contribution in [-0.2, 0) is 4.74 Å². The van der Waals surface area contributed by atoms with Gasteiger partial charge in [-0.15, -0.1) is 0 Å². The lowest BCUT2D eigenvalue weighted by molar-refractivity contribution is -0.424. The van der Waals surface area contributed by atoms with Crippen molar-refractivity contribution in [2.45, 2.75) is 75.0 Å². The lowest BCUT2D eigenvalue weighted by Crippen LogP contribution is -2.70. The molecule has 0 aromatic carbocycles. The molecule has 1 atom stereocenters. The van der Waals surface area contributed by atoms with Gasteiger partial charge in [0.1, 0.15) is 0 Å². The quantitative estimate of drug-likeness (QED) is 0.276. The minimum atomic E-state index is -7.90. The zero-order valence-corrected chi connectivity index (χ0v) is 14.9. The first-order valence-electron chi connectivity index (χ1n) is 8.08. The number of hydrogen-bond acceptors (Lipinski definition) is 2. The number of amides is 1. The predicted octanol–water partition coefficient (Wildman–Crippen LogP) is 6.03. The average molecular weight is 477 g/mol. The summed E-state index contributed by atoms with van der Waals surface area (Å²) >= 11 is 0. The molecular formula is C14H16F13NO2. The van der Waals surface area contributed by atoms with Gasteiger partial charge in [0, 0.05) is 6.54 Å². The van der Waals surface area contributed by atoms with Gasteiger partial charge in [0.05, 0.1) is 0 Å². The molecule has 0 rings (SSSR count). The minimum absolute atomic E-state index is 0.180. The Balaban J connectivity index is 5.51. The van der Waals surface area contributed by atoms with E-state index in [0.717, 1.165) is 6.42 Å². The van der Waals surface area contributed by atoms with Gasteiger partial charge in [-0.2, -0.15) is 48.3 Å². The Hall–Kier alpha value is -1.64. The van der Waals surface area contributed by atoms with Gasteiger partial charge in [-0.05, 0) is 6.42 Å². The lowest BCUT2D eigenvalue weighted by atomic mass is 9.94. The molecule has 0 saturated carbocycles. The fraction of sp³-hybridized carbons (Fsp3) is 0.929. The lowest BCUT2D eigenvalue weighted by Gasteiger charge is -2.39. The van der Waals surface area contributed by atoms with Crippen molar-refractivity contribution in [3.05, 3.63) is 0 Å². The van der Waals surface area contributed by atoms with E-state index >= 15 is 0 Å². The van der Waals surface area contributed by atoms with Crippen LogP contribution in [0.15, 0.2) is 0 Å². The maximum absolute atomic E-state index is 13.4. The van der Waals surface area contributed by atoms with E-state index in [2.05, 4.69) is 4.74 Å². The van der Waals surface area contributed by atoms with E-state index in [1.54, 1.807) is 12.2 Å². The van der Waals surface area contributed by atoms with Crippen LogP contribution in [-0.4, -0.2) is 55.0 Å². The van der Waals surface area contributed by atoms with Gasteiger partial charge in [0.2, 0.25) is 0 Å². The van der Waals surface area contributed by atoms with Crippen LogP contribution in [0.3, 0.4) is 0 Å². The van der Waals surface area contributed by atoms with Gasteiger partial charge in [-0.3, -0.25) is 0 Å². The number of hydrogen-bond donors (Lipinski definition) is 1. The maximum atomic E-state index is 13.4. The van der Waals surface area contributed by atoms with Gasteiger partial charge in [0.15, 0.2) is 0 Å². The number of ether oxygens (including phenoxy) is 1. The normalized spacial score (nSPS) is 15.3. The summed E-state index contributed by atoms with van der Waals surface area (Å²) in [5, 5.41) is 1.57. The highest BCUT2D eigenvalue weighted by Gasteiger charge is 2.89. The maximum Gasteiger partial charge on any atom is 0.409 e. The molecule has 1 amide bonds. The summed E-state index contributed by atoms with van der Waals surface area (Å²) in [4.78, 5) is 11.0. The molecular weight excluding hydrogens is 461 g/mol. The molecule has 1 unspecified atom stereocenters. The van der Waals surface area contributed by atoms with Crippen LogP contribution in [0.25, 0.3) is 0 Å². The zero-order chi connectivity index (χ0) is 24.2.